The molecule has 4 aromatic carbocycles. The molecule has 7 aliphatic rings. The van der Waals surface area contributed by atoms with E-state index in [1.807, 2.05) is 74.4 Å². The van der Waals surface area contributed by atoms with Crippen molar-refractivity contribution in [3.63, 3.8) is 0 Å². The number of piperidine rings is 4. The van der Waals surface area contributed by atoms with Crippen molar-refractivity contribution in [2.24, 2.45) is 0 Å². The van der Waals surface area contributed by atoms with Crippen LogP contribution in [0.5, 0.6) is 0 Å². The van der Waals surface area contributed by atoms with Gasteiger partial charge < -0.3 is 80.5 Å². The van der Waals surface area contributed by atoms with Crippen LogP contribution in [0.4, 0.5) is 31.9 Å². The molecule has 0 bridgehead atoms. The monoisotopic (exact) mass is 1580 g/mol. The molecule has 3 amide bonds. The maximum atomic E-state index is 13.9. The van der Waals surface area contributed by atoms with E-state index in [4.69, 9.17) is 35.3 Å². The number of benzene rings is 4. The third-order valence-corrected chi connectivity index (χ3v) is 18.3. The van der Waals surface area contributed by atoms with Gasteiger partial charge in [-0.25, -0.2) is 27.6 Å². The van der Waals surface area contributed by atoms with Crippen LogP contribution in [0.1, 0.15) is 169 Å². The third kappa shape index (κ3) is 34.8. The summed E-state index contributed by atoms with van der Waals surface area (Å²) in [7, 11) is 0. The first kappa shape index (κ1) is 95.0. The van der Waals surface area contributed by atoms with E-state index in [1.165, 1.54) is 101 Å². The largest absolute Gasteiger partial charge is 2.00 e. The van der Waals surface area contributed by atoms with Crippen molar-refractivity contribution >= 4 is 83.5 Å². The van der Waals surface area contributed by atoms with Crippen LogP contribution in [0.2, 0.25) is 0 Å². The summed E-state index contributed by atoms with van der Waals surface area (Å²) in [6.07, 6.45) is 11.6. The molecule has 0 spiro atoms. The summed E-state index contributed by atoms with van der Waals surface area (Å²) in [6, 6.07) is 28.2. The number of halogens is 8. The number of nitrogens with zero attached hydrogens (tertiary/aromatic N) is 6. The molecule has 7 saturated heterocycles. The van der Waals surface area contributed by atoms with Crippen LogP contribution in [0.15, 0.2) is 97.1 Å². The third-order valence-electron chi connectivity index (χ3n) is 18.2. The van der Waals surface area contributed by atoms with Crippen LogP contribution < -0.4 is 22.3 Å². The number of Topliss-reactive ketones (excluding diaryl/α,β-unsaturated/α-hetero) is 1. The summed E-state index contributed by atoms with van der Waals surface area (Å²) in [5, 5.41) is 14.0. The topological polar surface area (TPSA) is 166 Å². The predicted molar refractivity (Wildman–Crippen MR) is 400 cm³/mol. The fourth-order valence-corrected chi connectivity index (χ4v) is 13.0. The molecule has 0 aromatic heterocycles. The second-order valence-corrected chi connectivity index (χ2v) is 29.9. The van der Waals surface area contributed by atoms with Crippen molar-refractivity contribution in [1.82, 2.24) is 34.7 Å². The van der Waals surface area contributed by atoms with Crippen LogP contribution in [0.25, 0.3) is 0 Å². The zero-order valence-corrected chi connectivity index (χ0v) is 67.8. The summed E-state index contributed by atoms with van der Waals surface area (Å²) < 4.78 is 81.4. The Hall–Kier alpha value is -4.08. The molecule has 2 N–H and O–H groups in total. The number of likely N-dealkylation sites (tertiary alicyclic amines) is 6. The number of hydrogen-bond donors (Lipinski definition) is 2. The van der Waals surface area contributed by atoms with Gasteiger partial charge >= 0.3 is 41.3 Å². The van der Waals surface area contributed by atoms with Crippen molar-refractivity contribution in [3.8, 4) is 0 Å². The Labute approximate surface area is 655 Å². The molecule has 26 heteroatoms. The van der Waals surface area contributed by atoms with Gasteiger partial charge in [-0.2, -0.15) is 18.2 Å². The van der Waals surface area contributed by atoms with Crippen LogP contribution in [-0.4, -0.2) is 229 Å². The molecule has 7 heterocycles. The number of alkyl halides is 1. The second kappa shape index (κ2) is 47.0. The summed E-state index contributed by atoms with van der Waals surface area (Å²) in [5.74, 6) is -0.00838. The molecular weight excluding hydrogens is 1470 g/mol. The van der Waals surface area contributed by atoms with E-state index in [2.05, 4.69) is 26.1 Å². The fraction of sp³-hybridized carbons (Fsp3) is 0.636. The first-order chi connectivity index (χ1) is 47.0. The summed E-state index contributed by atoms with van der Waals surface area (Å²) >= 11 is 5.54. The number of amides is 3. The molecule has 0 unspecified atom stereocenters. The van der Waals surface area contributed by atoms with Gasteiger partial charge in [-0.3, -0.25) is 9.18 Å². The number of aliphatic hydroxyl groups is 1. The number of ether oxygens (including phenoxy) is 5. The Morgan fingerprint density at radius 2 is 0.835 bits per heavy atom. The van der Waals surface area contributed by atoms with Gasteiger partial charge in [0.15, 0.2) is 0 Å². The number of hydrogen-bond acceptors (Lipinski definition) is 14. The van der Waals surface area contributed by atoms with Gasteiger partial charge in [-0.05, 0) is 245 Å². The summed E-state index contributed by atoms with van der Waals surface area (Å²) in [4.78, 5) is 59.0. The molecular formula is C77H115BrCl3F4MgN7O10. The SMILES string of the molecule is CC(C)(C)OC(=O)N1CCC(=O)CC1.CC(C)(C)OC(=O)N1CCC(O)(c2cccc(F)c2)CC1.CC(C)(C)OC(=O)N1CCC(OCCN2CCCC2)(c2cccc(F)c2)CC1.Cl.Cl.ClCCN1CCCC1.Fc1c[c-]ccc1.Fc1cccc(C2(OCCN3CCCC3)CCNCC2)c1.[Br-].[Mg+2]. The first-order valence-corrected chi connectivity index (χ1v) is 36.3. The minimum Gasteiger partial charge on any atom is -1.00 e. The van der Waals surface area contributed by atoms with Crippen LogP contribution in [0, 0.1) is 29.3 Å². The van der Waals surface area contributed by atoms with Crippen molar-refractivity contribution in [2.75, 3.05) is 130 Å². The van der Waals surface area contributed by atoms with Crippen LogP contribution in [-0.2, 0) is 45.3 Å². The molecule has 7 fully saturated rings. The summed E-state index contributed by atoms with van der Waals surface area (Å²) in [5.41, 5.74) is -1.05. The van der Waals surface area contributed by atoms with E-state index in [1.54, 1.807) is 63.2 Å². The van der Waals surface area contributed by atoms with Gasteiger partial charge in [0, 0.05) is 83.4 Å². The Morgan fingerprint density at radius 1 is 0.495 bits per heavy atom. The first-order valence-electron chi connectivity index (χ1n) is 35.8. The Balaban J connectivity index is 0.000000438. The van der Waals surface area contributed by atoms with E-state index in [-0.39, 0.29) is 118 Å². The van der Waals surface area contributed by atoms with Crippen LogP contribution >= 0.6 is 36.4 Å². The van der Waals surface area contributed by atoms with E-state index < -0.39 is 28.0 Å². The van der Waals surface area contributed by atoms with Gasteiger partial charge in [0.25, 0.3) is 0 Å². The molecule has 0 radical (unpaired) electrons. The van der Waals surface area contributed by atoms with Gasteiger partial charge in [-0.15, -0.1) is 48.5 Å². The molecule has 4 aromatic rings. The van der Waals surface area contributed by atoms with E-state index in [9.17, 15) is 41.8 Å². The quantitative estimate of drug-likeness (QED) is 0.0427. The molecule has 7 aliphatic heterocycles. The van der Waals surface area contributed by atoms with Crippen molar-refractivity contribution in [2.45, 2.75) is 186 Å². The Bertz CT molecular complexity index is 3060. The minimum absolute atomic E-state index is 0. The number of ketones is 1. The molecule has 17 nitrogen and oxygen atoms in total. The normalized spacial score (nSPS) is 18.7. The van der Waals surface area contributed by atoms with Gasteiger partial charge in [0.2, 0.25) is 0 Å². The molecule has 103 heavy (non-hydrogen) atoms. The van der Waals surface area contributed by atoms with Gasteiger partial charge in [-0.1, -0.05) is 36.4 Å². The summed E-state index contributed by atoms with van der Waals surface area (Å²) in [6.45, 7) is 32.8. The number of carbonyl (C=O) groups is 4. The molecule has 0 aliphatic carbocycles. The molecule has 0 atom stereocenters. The van der Waals surface area contributed by atoms with E-state index in [0.717, 1.165) is 82.3 Å². The van der Waals surface area contributed by atoms with Crippen molar-refractivity contribution in [3.05, 3.63) is 143 Å². The molecule has 0 saturated carbocycles. The average Bonchev–Trinajstić information content (AvgIpc) is 0.972. The Kier molecular flexibility index (Phi) is 43.3. The zero-order valence-electron chi connectivity index (χ0n) is 62.4. The zero-order chi connectivity index (χ0) is 72.1. The molecule has 576 valence electrons. The number of nitrogens with one attached hydrogen (secondary N) is 1. The standard InChI is InChI=1S/C22H33FN2O3.C17H25FN2O.C16H22FNO3.C10H17NO3.C6H12ClN.C6H4F.BrH.2ClH.Mg/c1-21(2,3)28-20(26)25-13-9-22(10-14-25,18-7-6-8-19(23)17-18)27-16-15-24-11-4-5-12-24;18-16-5-3-4-15(14-16)17(6-8-19-9-7-17)21-13-12-20-10-1-2-11-20;1-15(2,3)21-14(19)18-9-7-16(20,8-10-18)12-5-4-6-13(17)11-12;1-10(2,3)14-9(13)11-6-4-8(12)5-7-11;7-3-6-8-4-1-2-5-8;7-6-4-2-1-3-5-6;;;;/h6-8,17H,4-5,9-16H2,1-3H3;3-5,14,19H,1-2,6-13H2;4-6,11,20H,7-10H2,1-3H3;4-7H2,1-3H3;1-6H2;1-2,4-5H;3*1H;/q;;;;;-1;;;;+2/p-1. The Morgan fingerprint density at radius 3 is 1.17 bits per heavy atom. The fourth-order valence-electron chi connectivity index (χ4n) is 12.8. The van der Waals surface area contributed by atoms with Crippen molar-refractivity contribution < 1.29 is 82.5 Å². The predicted octanol–water partition coefficient (Wildman–Crippen LogP) is 11.7. The smallest absolute Gasteiger partial charge is 1.00 e. The average molecular weight is 1590 g/mol. The number of rotatable bonds is 13. The maximum Gasteiger partial charge on any atom is 2.00 e. The molecule has 11 rings (SSSR count). The second-order valence-electron chi connectivity index (χ2n) is 29.5. The van der Waals surface area contributed by atoms with Gasteiger partial charge in [0.05, 0.1) is 30.0 Å². The maximum absolute atomic E-state index is 13.9. The van der Waals surface area contributed by atoms with Gasteiger partial charge in [0.1, 0.15) is 40.0 Å². The minimum atomic E-state index is -1.08. The van der Waals surface area contributed by atoms with E-state index >= 15 is 0 Å². The van der Waals surface area contributed by atoms with E-state index in [0.29, 0.717) is 90.0 Å². The number of carbonyl (C=O) groups excluding carboxylic acids is 4. The van der Waals surface area contributed by atoms with Crippen LogP contribution in [0.3, 0.4) is 0 Å². The van der Waals surface area contributed by atoms with Crippen molar-refractivity contribution in [1.29, 1.82) is 0 Å².